The van der Waals surface area contributed by atoms with Gasteiger partial charge < -0.3 is 0 Å². The number of carbonyl (C=O) groups is 2. The zero-order valence-corrected chi connectivity index (χ0v) is 13.7. The second-order valence-corrected chi connectivity index (χ2v) is 8.77. The summed E-state index contributed by atoms with van der Waals surface area (Å²) in [7, 11) is 1.61. The Morgan fingerprint density at radius 3 is 2.70 bits per heavy atom. The van der Waals surface area contributed by atoms with E-state index in [0.29, 0.717) is 5.88 Å². The molecule has 1 aromatic carbocycles. The number of likely N-dealkylation sites (tertiary alicyclic amines) is 1. The Morgan fingerprint density at radius 1 is 1.35 bits per heavy atom. The van der Waals surface area contributed by atoms with Crippen LogP contribution in [0.1, 0.15) is 12.8 Å². The SMILES string of the molecule is CN1C(=O)[C@@H]2C[C@@H](CCl)C[C@]2([Se]c2ccccc2)C1=O. The zero-order valence-electron chi connectivity index (χ0n) is 11.2. The molecule has 1 aliphatic carbocycles. The summed E-state index contributed by atoms with van der Waals surface area (Å²) < 4.78 is 0.677. The molecule has 1 saturated heterocycles. The van der Waals surface area contributed by atoms with Crippen LogP contribution in [0.2, 0.25) is 4.31 Å². The predicted octanol–water partition coefficient (Wildman–Crippen LogP) is 1.44. The van der Waals surface area contributed by atoms with Crippen LogP contribution in [0.5, 0.6) is 0 Å². The maximum absolute atomic E-state index is 12.7. The summed E-state index contributed by atoms with van der Waals surface area (Å²) in [6.45, 7) is 0. The first kappa shape index (κ1) is 14.1. The number of imide groups is 1. The summed E-state index contributed by atoms with van der Waals surface area (Å²) in [5, 5.41) is 0. The molecule has 5 heteroatoms. The zero-order chi connectivity index (χ0) is 14.3. The van der Waals surface area contributed by atoms with Gasteiger partial charge >= 0.3 is 130 Å². The second kappa shape index (κ2) is 5.18. The number of alkyl halides is 1. The van der Waals surface area contributed by atoms with E-state index in [4.69, 9.17) is 11.6 Å². The van der Waals surface area contributed by atoms with Crippen molar-refractivity contribution in [3.63, 3.8) is 0 Å². The van der Waals surface area contributed by atoms with Crippen LogP contribution in [0.25, 0.3) is 0 Å². The Bertz CT molecular complexity index is 550. The molecule has 0 aromatic heterocycles. The average Bonchev–Trinajstić information content (AvgIpc) is 2.92. The van der Waals surface area contributed by atoms with Gasteiger partial charge in [-0.15, -0.1) is 0 Å². The predicted molar refractivity (Wildman–Crippen MR) is 79.2 cm³/mol. The molecular formula is C15H16ClNO2Se. The van der Waals surface area contributed by atoms with E-state index >= 15 is 0 Å². The maximum atomic E-state index is 12.7. The van der Waals surface area contributed by atoms with Gasteiger partial charge in [-0.3, -0.25) is 0 Å². The van der Waals surface area contributed by atoms with Crippen LogP contribution in [-0.4, -0.2) is 44.6 Å². The van der Waals surface area contributed by atoms with Gasteiger partial charge in [-0.05, 0) is 0 Å². The summed E-state index contributed by atoms with van der Waals surface area (Å²) in [6.07, 6.45) is 1.51. The molecule has 3 nitrogen and oxygen atoms in total. The topological polar surface area (TPSA) is 37.4 Å². The van der Waals surface area contributed by atoms with E-state index in [9.17, 15) is 9.59 Å². The standard InChI is InChI=1S/C15H16ClNO2Se/c1-17-13(18)12-7-10(9-16)8-15(12,14(17)19)20-11-5-3-2-4-6-11/h2-6,10,12H,7-9H2,1H3/t10-,12+,15-/m1/s1. The first-order chi connectivity index (χ1) is 9.58. The van der Waals surface area contributed by atoms with Crippen LogP contribution in [-0.2, 0) is 9.59 Å². The molecule has 1 heterocycles. The van der Waals surface area contributed by atoms with Crippen LogP contribution >= 0.6 is 11.6 Å². The summed E-state index contributed by atoms with van der Waals surface area (Å²) in [5.41, 5.74) is 0. The molecule has 1 aromatic rings. The Balaban J connectivity index is 1.98. The Morgan fingerprint density at radius 2 is 2.05 bits per heavy atom. The molecule has 0 radical (unpaired) electrons. The van der Waals surface area contributed by atoms with Crippen molar-refractivity contribution in [1.29, 1.82) is 0 Å². The third-order valence-corrected chi connectivity index (χ3v) is 7.86. The van der Waals surface area contributed by atoms with Gasteiger partial charge in [0.2, 0.25) is 0 Å². The van der Waals surface area contributed by atoms with Gasteiger partial charge in [0.1, 0.15) is 0 Å². The molecule has 0 N–H and O–H groups in total. The fourth-order valence-corrected chi connectivity index (χ4v) is 6.89. The molecule has 0 bridgehead atoms. The summed E-state index contributed by atoms with van der Waals surface area (Å²) in [6, 6.07) is 10.0. The molecule has 2 fully saturated rings. The third kappa shape index (κ3) is 2.02. The van der Waals surface area contributed by atoms with Crippen molar-refractivity contribution < 1.29 is 9.59 Å². The van der Waals surface area contributed by atoms with Crippen LogP contribution in [0.4, 0.5) is 0 Å². The number of halogens is 1. The second-order valence-electron chi connectivity index (χ2n) is 5.52. The van der Waals surface area contributed by atoms with Crippen molar-refractivity contribution in [2.24, 2.45) is 11.8 Å². The van der Waals surface area contributed by atoms with Crippen LogP contribution in [0, 0.1) is 11.8 Å². The summed E-state index contributed by atoms with van der Waals surface area (Å²) in [5.74, 6) is 0.648. The normalized spacial score (nSPS) is 32.8. The fraction of sp³-hybridized carbons (Fsp3) is 0.467. The molecule has 20 heavy (non-hydrogen) atoms. The molecular weight excluding hydrogens is 341 g/mol. The number of fused-ring (bicyclic) bond motifs is 1. The Hall–Kier alpha value is -0.831. The molecule has 3 rings (SSSR count). The van der Waals surface area contributed by atoms with Crippen LogP contribution in [0.3, 0.4) is 0 Å². The number of amides is 2. The van der Waals surface area contributed by atoms with Crippen molar-refractivity contribution in [3.8, 4) is 0 Å². The number of hydrogen-bond acceptors (Lipinski definition) is 2. The Kier molecular flexibility index (Phi) is 3.65. The quantitative estimate of drug-likeness (QED) is 0.467. The van der Waals surface area contributed by atoms with Gasteiger partial charge in [-0.1, -0.05) is 0 Å². The van der Waals surface area contributed by atoms with Crippen molar-refractivity contribution in [1.82, 2.24) is 4.90 Å². The molecule has 1 aliphatic heterocycles. The van der Waals surface area contributed by atoms with Gasteiger partial charge in [-0.25, -0.2) is 0 Å². The van der Waals surface area contributed by atoms with Gasteiger partial charge in [0, 0.05) is 0 Å². The third-order valence-electron chi connectivity index (χ3n) is 4.28. The monoisotopic (exact) mass is 357 g/mol. The van der Waals surface area contributed by atoms with E-state index in [1.54, 1.807) is 7.05 Å². The minimum atomic E-state index is -0.500. The number of carbonyl (C=O) groups excluding carboxylic acids is 2. The first-order valence-electron chi connectivity index (χ1n) is 6.70. The Labute approximate surface area is 129 Å². The molecule has 1 saturated carbocycles. The van der Waals surface area contributed by atoms with Crippen LogP contribution in [0.15, 0.2) is 30.3 Å². The molecule has 2 amide bonds. The number of nitrogens with zero attached hydrogens (tertiary/aromatic N) is 1. The average molecular weight is 357 g/mol. The van der Waals surface area contributed by atoms with E-state index in [1.165, 1.54) is 9.36 Å². The van der Waals surface area contributed by atoms with E-state index in [1.807, 2.05) is 18.2 Å². The van der Waals surface area contributed by atoms with Crippen LogP contribution < -0.4 is 4.46 Å². The number of benzene rings is 1. The van der Waals surface area contributed by atoms with Gasteiger partial charge in [0.25, 0.3) is 0 Å². The molecule has 2 aliphatic rings. The number of rotatable bonds is 3. The van der Waals surface area contributed by atoms with Crippen molar-refractivity contribution >= 4 is 42.8 Å². The van der Waals surface area contributed by atoms with E-state index in [2.05, 4.69) is 12.1 Å². The van der Waals surface area contributed by atoms with E-state index < -0.39 is 4.31 Å². The van der Waals surface area contributed by atoms with Crippen molar-refractivity contribution in [3.05, 3.63) is 30.3 Å². The molecule has 106 valence electrons. The first-order valence-corrected chi connectivity index (χ1v) is 8.95. The van der Waals surface area contributed by atoms with Crippen molar-refractivity contribution in [2.75, 3.05) is 12.9 Å². The van der Waals surface area contributed by atoms with Crippen molar-refractivity contribution in [2.45, 2.75) is 17.2 Å². The van der Waals surface area contributed by atoms with E-state index in [-0.39, 0.29) is 38.6 Å². The number of hydrogen-bond donors (Lipinski definition) is 0. The molecule has 0 spiro atoms. The minimum absolute atomic E-state index is 0.00368. The fourth-order valence-electron chi connectivity index (χ4n) is 3.31. The van der Waals surface area contributed by atoms with Gasteiger partial charge in [0.05, 0.1) is 0 Å². The molecule has 0 unspecified atom stereocenters. The van der Waals surface area contributed by atoms with E-state index in [0.717, 1.165) is 12.8 Å². The summed E-state index contributed by atoms with van der Waals surface area (Å²) >= 11 is 5.96. The molecule has 3 atom stereocenters. The van der Waals surface area contributed by atoms with Gasteiger partial charge in [-0.2, -0.15) is 0 Å². The summed E-state index contributed by atoms with van der Waals surface area (Å²) in [4.78, 5) is 26.3. The van der Waals surface area contributed by atoms with Gasteiger partial charge in [0.15, 0.2) is 0 Å².